The van der Waals surface area contributed by atoms with Crippen molar-refractivity contribution in [3.8, 4) is 5.75 Å². The van der Waals surface area contributed by atoms with E-state index in [0.29, 0.717) is 34.8 Å². The lowest BCUT2D eigenvalue weighted by Crippen LogP contribution is -2.43. The lowest BCUT2D eigenvalue weighted by atomic mass is 10.2. The molecular formula is C25H28N6O6. The minimum atomic E-state index is -1.02. The molecule has 0 bridgehead atoms. The Balaban J connectivity index is 1.18. The lowest BCUT2D eigenvalue weighted by molar-refractivity contribution is -0.184. The zero-order chi connectivity index (χ0) is 25.4. The fourth-order valence-corrected chi connectivity index (χ4v) is 4.83. The van der Waals surface area contributed by atoms with Gasteiger partial charge >= 0.3 is 5.97 Å². The van der Waals surface area contributed by atoms with E-state index in [1.807, 2.05) is 24.3 Å². The van der Waals surface area contributed by atoms with Crippen molar-refractivity contribution in [3.05, 3.63) is 40.8 Å². The predicted octanol–water partition coefficient (Wildman–Crippen LogP) is 2.23. The summed E-state index contributed by atoms with van der Waals surface area (Å²) in [7, 11) is 0. The number of aliphatic carboxylic acids is 1. The predicted molar refractivity (Wildman–Crippen MR) is 133 cm³/mol. The molecule has 0 radical (unpaired) electrons. The summed E-state index contributed by atoms with van der Waals surface area (Å²) in [6.07, 6.45) is 5.60. The molecule has 1 aromatic carbocycles. The minimum Gasteiger partial charge on any atom is -0.487 e. The molecule has 12 heteroatoms. The van der Waals surface area contributed by atoms with E-state index in [1.54, 1.807) is 6.20 Å². The van der Waals surface area contributed by atoms with Crippen molar-refractivity contribution in [3.63, 3.8) is 0 Å². The highest BCUT2D eigenvalue weighted by molar-refractivity contribution is 5.90. The van der Waals surface area contributed by atoms with E-state index in [9.17, 15) is 9.59 Å². The zero-order valence-corrected chi connectivity index (χ0v) is 20.2. The number of anilines is 3. The molecule has 3 aromatic rings. The van der Waals surface area contributed by atoms with Crippen LogP contribution in [0, 0.1) is 0 Å². The van der Waals surface area contributed by atoms with Gasteiger partial charge in [0.25, 0.3) is 5.56 Å². The Kier molecular flexibility index (Phi) is 6.13. The molecule has 3 atom stereocenters. The Morgan fingerprint density at radius 2 is 1.95 bits per heavy atom. The number of H-pyrrole nitrogens is 1. The van der Waals surface area contributed by atoms with Gasteiger partial charge in [-0.3, -0.25) is 4.79 Å². The van der Waals surface area contributed by atoms with Crippen LogP contribution in [-0.2, 0) is 14.3 Å². The third-order valence-corrected chi connectivity index (χ3v) is 7.07. The number of benzene rings is 1. The van der Waals surface area contributed by atoms with Gasteiger partial charge in [-0.1, -0.05) is 12.8 Å². The van der Waals surface area contributed by atoms with E-state index >= 15 is 0 Å². The molecule has 2 unspecified atom stereocenters. The summed E-state index contributed by atoms with van der Waals surface area (Å²) in [6, 6.07) is 7.34. The normalized spacial score (nSPS) is 25.6. The summed E-state index contributed by atoms with van der Waals surface area (Å²) in [4.78, 5) is 35.2. The summed E-state index contributed by atoms with van der Waals surface area (Å²) in [5.41, 5.74) is 0.277. The standard InChI is InChI=1S/C25H28N6O6/c32-22-20-17(12-26-30-22)28-24(31-9-3-1-2-4-10-31)29-21(20)27-15-5-7-16(8-6-15)37-19-11-25(19)14-35-18(13-36-25)23(33)34/h5-8,12,18-19H,1-4,9-11,13-14H2,(H,30,32)(H,33,34)(H,27,28,29)/t18-,19?,25?/m1/s1. The summed E-state index contributed by atoms with van der Waals surface area (Å²) < 4.78 is 17.2. The molecule has 2 saturated heterocycles. The Labute approximate surface area is 212 Å². The van der Waals surface area contributed by atoms with Crippen LogP contribution in [0.1, 0.15) is 32.1 Å². The van der Waals surface area contributed by atoms with Gasteiger partial charge in [0.15, 0.2) is 6.10 Å². The van der Waals surface area contributed by atoms with E-state index in [2.05, 4.69) is 25.4 Å². The molecule has 3 fully saturated rings. The number of fused-ring (bicyclic) bond motifs is 1. The monoisotopic (exact) mass is 508 g/mol. The number of carboxylic acids is 1. The van der Waals surface area contributed by atoms with Gasteiger partial charge < -0.3 is 29.5 Å². The van der Waals surface area contributed by atoms with Gasteiger partial charge in [-0.25, -0.2) is 14.9 Å². The van der Waals surface area contributed by atoms with Crippen LogP contribution >= 0.6 is 0 Å². The SMILES string of the molecule is O=C(O)[C@H]1COC2(CO1)CC2Oc1ccc(Nc2nc(N3CCCCCC3)nc3cn[nH]c(=O)c23)cc1. The van der Waals surface area contributed by atoms with Gasteiger partial charge in [-0.05, 0) is 37.1 Å². The maximum absolute atomic E-state index is 12.6. The molecule has 2 aliphatic heterocycles. The quantitative estimate of drug-likeness (QED) is 0.449. The number of carboxylic acid groups (broad SMARTS) is 1. The number of carbonyl (C=O) groups is 1. The fraction of sp³-hybridized carbons (Fsp3) is 0.480. The summed E-state index contributed by atoms with van der Waals surface area (Å²) in [5, 5.41) is 19.1. The fourth-order valence-electron chi connectivity index (χ4n) is 4.83. The van der Waals surface area contributed by atoms with Gasteiger partial charge in [0, 0.05) is 25.2 Å². The first-order chi connectivity index (χ1) is 18.0. The van der Waals surface area contributed by atoms with E-state index in [-0.39, 0.29) is 24.9 Å². The summed E-state index contributed by atoms with van der Waals surface area (Å²) >= 11 is 0. The van der Waals surface area contributed by atoms with Crippen LogP contribution in [0.25, 0.3) is 10.9 Å². The second-order valence-corrected chi connectivity index (χ2v) is 9.71. The molecule has 37 heavy (non-hydrogen) atoms. The second kappa shape index (κ2) is 9.60. The van der Waals surface area contributed by atoms with Crippen molar-refractivity contribution in [1.82, 2.24) is 20.2 Å². The van der Waals surface area contributed by atoms with E-state index in [1.165, 1.54) is 12.8 Å². The van der Waals surface area contributed by atoms with Crippen LogP contribution < -0.4 is 20.5 Å². The van der Waals surface area contributed by atoms with Gasteiger partial charge in [-0.15, -0.1) is 0 Å². The number of rotatable bonds is 6. The van der Waals surface area contributed by atoms with Crippen LogP contribution in [-0.4, -0.2) is 75.4 Å². The highest BCUT2D eigenvalue weighted by Gasteiger charge is 2.61. The number of aromatic nitrogens is 4. The number of ether oxygens (including phenoxy) is 3. The highest BCUT2D eigenvalue weighted by atomic mass is 16.6. The maximum Gasteiger partial charge on any atom is 0.335 e. The summed E-state index contributed by atoms with van der Waals surface area (Å²) in [5.74, 6) is 0.632. The van der Waals surface area contributed by atoms with Crippen molar-refractivity contribution in [2.24, 2.45) is 0 Å². The van der Waals surface area contributed by atoms with Crippen LogP contribution in [0.15, 0.2) is 35.3 Å². The van der Waals surface area contributed by atoms with E-state index in [0.717, 1.165) is 31.6 Å². The van der Waals surface area contributed by atoms with Gasteiger partial charge in [0.05, 0.1) is 19.4 Å². The topological polar surface area (TPSA) is 152 Å². The Morgan fingerprint density at radius 1 is 1.16 bits per heavy atom. The molecule has 1 saturated carbocycles. The third kappa shape index (κ3) is 4.81. The molecular weight excluding hydrogens is 480 g/mol. The number of hydrogen-bond donors (Lipinski definition) is 3. The number of nitrogens with one attached hydrogen (secondary N) is 2. The zero-order valence-electron chi connectivity index (χ0n) is 20.2. The average Bonchev–Trinajstić information content (AvgIpc) is 3.63. The van der Waals surface area contributed by atoms with Crippen molar-refractivity contribution < 1.29 is 24.1 Å². The van der Waals surface area contributed by atoms with Crippen LogP contribution in [0.4, 0.5) is 17.5 Å². The number of aromatic amines is 1. The molecule has 2 aromatic heterocycles. The van der Waals surface area contributed by atoms with Crippen molar-refractivity contribution in [2.45, 2.75) is 49.9 Å². The smallest absolute Gasteiger partial charge is 0.335 e. The highest BCUT2D eigenvalue weighted by Crippen LogP contribution is 2.45. The molecule has 6 rings (SSSR count). The van der Waals surface area contributed by atoms with Crippen LogP contribution in [0.3, 0.4) is 0 Å². The first-order valence-electron chi connectivity index (χ1n) is 12.5. The van der Waals surface area contributed by atoms with E-state index < -0.39 is 17.7 Å². The molecule has 3 aliphatic rings. The largest absolute Gasteiger partial charge is 0.487 e. The van der Waals surface area contributed by atoms with Crippen molar-refractivity contribution in [1.29, 1.82) is 0 Å². The first-order valence-corrected chi connectivity index (χ1v) is 12.5. The molecule has 4 heterocycles. The van der Waals surface area contributed by atoms with Crippen LogP contribution in [0.2, 0.25) is 0 Å². The van der Waals surface area contributed by atoms with Crippen molar-refractivity contribution >= 4 is 34.3 Å². The minimum absolute atomic E-state index is 0.0129. The van der Waals surface area contributed by atoms with Gasteiger partial charge in [-0.2, -0.15) is 10.1 Å². The van der Waals surface area contributed by atoms with Crippen LogP contribution in [0.5, 0.6) is 5.75 Å². The van der Waals surface area contributed by atoms with Gasteiger partial charge in [0.1, 0.15) is 34.2 Å². The maximum atomic E-state index is 12.6. The Bertz CT molecular complexity index is 1350. The number of nitrogens with zero attached hydrogens (tertiary/aromatic N) is 4. The molecule has 3 N–H and O–H groups in total. The molecule has 1 spiro atoms. The first kappa shape index (κ1) is 23.6. The van der Waals surface area contributed by atoms with Crippen molar-refractivity contribution in [2.75, 3.05) is 36.5 Å². The molecule has 12 nitrogen and oxygen atoms in total. The number of hydrogen-bond acceptors (Lipinski definition) is 10. The Hall–Kier alpha value is -3.77. The molecule has 194 valence electrons. The molecule has 1 aliphatic carbocycles. The lowest BCUT2D eigenvalue weighted by Gasteiger charge is -2.27. The third-order valence-electron chi connectivity index (χ3n) is 7.07. The Morgan fingerprint density at radius 3 is 2.65 bits per heavy atom. The van der Waals surface area contributed by atoms with E-state index in [4.69, 9.17) is 24.3 Å². The average molecular weight is 509 g/mol. The second-order valence-electron chi connectivity index (χ2n) is 9.71. The summed E-state index contributed by atoms with van der Waals surface area (Å²) in [6.45, 7) is 1.96. The van der Waals surface area contributed by atoms with Gasteiger partial charge in [0.2, 0.25) is 5.95 Å². The molecule has 0 amide bonds.